The minimum absolute atomic E-state index is 0.0409. The van der Waals surface area contributed by atoms with Gasteiger partial charge in [-0.1, -0.05) is 42.5 Å². The summed E-state index contributed by atoms with van der Waals surface area (Å²) in [6, 6.07) is 11.1. The van der Waals surface area contributed by atoms with E-state index in [0.29, 0.717) is 5.56 Å². The zero-order chi connectivity index (χ0) is 14.0. The highest BCUT2D eigenvalue weighted by atomic mass is 19.4. The van der Waals surface area contributed by atoms with Crippen molar-refractivity contribution in [3.63, 3.8) is 0 Å². The van der Waals surface area contributed by atoms with Crippen LogP contribution in [-0.4, -0.2) is 17.2 Å². The van der Waals surface area contributed by atoms with Crippen molar-refractivity contribution in [2.24, 2.45) is 0 Å². The van der Waals surface area contributed by atoms with Crippen LogP contribution >= 0.6 is 0 Å². The highest BCUT2D eigenvalue weighted by Gasteiger charge is 2.32. The molecule has 0 aliphatic carbocycles. The first kappa shape index (κ1) is 13.6. The van der Waals surface area contributed by atoms with Gasteiger partial charge in [0.05, 0.1) is 5.56 Å². The molecule has 0 saturated heterocycles. The predicted molar refractivity (Wildman–Crippen MR) is 66.7 cm³/mol. The number of rotatable bonds is 2. The van der Waals surface area contributed by atoms with Crippen LogP contribution < -0.4 is 5.46 Å². The van der Waals surface area contributed by atoms with E-state index in [1.54, 1.807) is 30.3 Å². The molecule has 0 bridgehead atoms. The Balaban J connectivity index is 2.61. The summed E-state index contributed by atoms with van der Waals surface area (Å²) in [5.74, 6) is 0. The molecule has 0 spiro atoms. The summed E-state index contributed by atoms with van der Waals surface area (Å²) in [6.45, 7) is 0. The molecule has 2 N–H and O–H groups in total. The van der Waals surface area contributed by atoms with Crippen LogP contribution in [0.2, 0.25) is 0 Å². The molecular weight excluding hydrogens is 256 g/mol. The first-order chi connectivity index (χ1) is 8.89. The normalized spacial score (nSPS) is 11.4. The van der Waals surface area contributed by atoms with Crippen molar-refractivity contribution in [2.45, 2.75) is 6.18 Å². The molecular formula is C13H10BF3O2. The first-order valence-corrected chi connectivity index (χ1v) is 5.52. The van der Waals surface area contributed by atoms with Gasteiger partial charge in [0.2, 0.25) is 0 Å². The maximum Gasteiger partial charge on any atom is 0.489 e. The van der Waals surface area contributed by atoms with E-state index in [4.69, 9.17) is 0 Å². The number of alkyl halides is 3. The summed E-state index contributed by atoms with van der Waals surface area (Å²) in [6.07, 6.45) is -4.47. The number of benzene rings is 2. The van der Waals surface area contributed by atoms with Crippen molar-refractivity contribution in [3.05, 3.63) is 54.1 Å². The average Bonchev–Trinajstić information content (AvgIpc) is 2.38. The van der Waals surface area contributed by atoms with Gasteiger partial charge in [-0.3, -0.25) is 0 Å². The van der Waals surface area contributed by atoms with E-state index in [0.717, 1.165) is 18.2 Å². The molecule has 98 valence electrons. The molecule has 2 nitrogen and oxygen atoms in total. The van der Waals surface area contributed by atoms with Crippen molar-refractivity contribution in [1.29, 1.82) is 0 Å². The minimum atomic E-state index is -4.47. The third-order valence-corrected chi connectivity index (χ3v) is 2.74. The SMILES string of the molecule is OB(O)c1ccc(C(F)(F)F)cc1-c1ccccc1. The highest BCUT2D eigenvalue weighted by molar-refractivity contribution is 6.60. The monoisotopic (exact) mass is 266 g/mol. The molecule has 0 aliphatic heterocycles. The van der Waals surface area contributed by atoms with Crippen molar-refractivity contribution in [3.8, 4) is 11.1 Å². The molecule has 2 aromatic rings. The minimum Gasteiger partial charge on any atom is -0.423 e. The van der Waals surface area contributed by atoms with Gasteiger partial charge in [-0.2, -0.15) is 13.2 Å². The van der Waals surface area contributed by atoms with Crippen LogP contribution in [0.1, 0.15) is 5.56 Å². The third-order valence-electron chi connectivity index (χ3n) is 2.74. The van der Waals surface area contributed by atoms with E-state index in [1.807, 2.05) is 0 Å². The van der Waals surface area contributed by atoms with E-state index >= 15 is 0 Å². The number of hydrogen-bond acceptors (Lipinski definition) is 2. The van der Waals surface area contributed by atoms with Crippen LogP contribution in [0.5, 0.6) is 0 Å². The van der Waals surface area contributed by atoms with Gasteiger partial charge in [0.15, 0.2) is 0 Å². The molecule has 0 aliphatic rings. The Morgan fingerprint density at radius 1 is 0.895 bits per heavy atom. The second kappa shape index (κ2) is 5.07. The van der Waals surface area contributed by atoms with Gasteiger partial charge in [0.1, 0.15) is 0 Å². The Kier molecular flexibility index (Phi) is 3.64. The van der Waals surface area contributed by atoms with Gasteiger partial charge in [-0.05, 0) is 22.7 Å². The average molecular weight is 266 g/mol. The van der Waals surface area contributed by atoms with Crippen molar-refractivity contribution in [2.75, 3.05) is 0 Å². The molecule has 0 unspecified atom stereocenters. The van der Waals surface area contributed by atoms with Gasteiger partial charge in [-0.25, -0.2) is 0 Å². The Morgan fingerprint density at radius 3 is 2.05 bits per heavy atom. The maximum atomic E-state index is 12.7. The van der Waals surface area contributed by atoms with Crippen LogP contribution in [0.15, 0.2) is 48.5 Å². The van der Waals surface area contributed by atoms with Crippen LogP contribution in [0.25, 0.3) is 11.1 Å². The Bertz CT molecular complexity index is 568. The molecule has 0 amide bonds. The second-order valence-electron chi connectivity index (χ2n) is 4.04. The summed E-state index contributed by atoms with van der Waals surface area (Å²) in [5, 5.41) is 18.5. The van der Waals surface area contributed by atoms with Gasteiger partial charge >= 0.3 is 13.3 Å². The van der Waals surface area contributed by atoms with Gasteiger partial charge in [0.25, 0.3) is 0 Å². The molecule has 2 rings (SSSR count). The zero-order valence-corrected chi connectivity index (χ0v) is 9.72. The molecule has 0 fully saturated rings. The molecule has 6 heteroatoms. The van der Waals surface area contributed by atoms with Gasteiger partial charge in [0, 0.05) is 0 Å². The summed E-state index contributed by atoms with van der Waals surface area (Å²) in [5.41, 5.74) is -0.128. The summed E-state index contributed by atoms with van der Waals surface area (Å²) < 4.78 is 38.1. The lowest BCUT2D eigenvalue weighted by Crippen LogP contribution is -2.32. The summed E-state index contributed by atoms with van der Waals surface area (Å²) >= 11 is 0. The van der Waals surface area contributed by atoms with Crippen LogP contribution in [-0.2, 0) is 6.18 Å². The molecule has 19 heavy (non-hydrogen) atoms. The summed E-state index contributed by atoms with van der Waals surface area (Å²) in [7, 11) is -1.82. The van der Waals surface area contributed by atoms with Crippen molar-refractivity contribution >= 4 is 12.6 Å². The van der Waals surface area contributed by atoms with E-state index < -0.39 is 18.9 Å². The van der Waals surface area contributed by atoms with E-state index in [2.05, 4.69) is 0 Å². The largest absolute Gasteiger partial charge is 0.489 e. The quantitative estimate of drug-likeness (QED) is 0.817. The molecule has 0 radical (unpaired) electrons. The standard InChI is InChI=1S/C13H10BF3O2/c15-13(16,17)10-6-7-12(14(18)19)11(8-10)9-4-2-1-3-5-9/h1-8,18-19H. The van der Waals surface area contributed by atoms with E-state index in [9.17, 15) is 23.2 Å². The third kappa shape index (κ3) is 2.97. The fourth-order valence-corrected chi connectivity index (χ4v) is 1.83. The van der Waals surface area contributed by atoms with Gasteiger partial charge in [-0.15, -0.1) is 0 Å². The Labute approximate surface area is 108 Å². The molecule has 0 atom stereocenters. The van der Waals surface area contributed by atoms with Crippen molar-refractivity contribution in [1.82, 2.24) is 0 Å². The van der Waals surface area contributed by atoms with Gasteiger partial charge < -0.3 is 10.0 Å². The van der Waals surface area contributed by atoms with E-state index in [1.165, 1.54) is 0 Å². The highest BCUT2D eigenvalue weighted by Crippen LogP contribution is 2.31. The topological polar surface area (TPSA) is 40.5 Å². The molecule has 2 aromatic carbocycles. The maximum absolute atomic E-state index is 12.7. The fourth-order valence-electron chi connectivity index (χ4n) is 1.83. The second-order valence-corrected chi connectivity index (χ2v) is 4.04. The Hall–Kier alpha value is -1.79. The Morgan fingerprint density at radius 2 is 1.53 bits per heavy atom. The molecule has 0 heterocycles. The lowest BCUT2D eigenvalue weighted by Gasteiger charge is -2.13. The number of halogens is 3. The lowest BCUT2D eigenvalue weighted by molar-refractivity contribution is -0.137. The fraction of sp³-hybridized carbons (Fsp3) is 0.0769. The van der Waals surface area contributed by atoms with Crippen LogP contribution in [0.4, 0.5) is 13.2 Å². The van der Waals surface area contributed by atoms with Crippen LogP contribution in [0, 0.1) is 0 Å². The zero-order valence-electron chi connectivity index (χ0n) is 9.72. The predicted octanol–water partition coefficient (Wildman–Crippen LogP) is 2.05. The van der Waals surface area contributed by atoms with E-state index in [-0.39, 0.29) is 11.0 Å². The summed E-state index contributed by atoms with van der Waals surface area (Å²) in [4.78, 5) is 0. The number of hydrogen-bond donors (Lipinski definition) is 2. The smallest absolute Gasteiger partial charge is 0.423 e. The lowest BCUT2D eigenvalue weighted by atomic mass is 9.75. The first-order valence-electron chi connectivity index (χ1n) is 5.52. The molecule has 0 aromatic heterocycles. The molecule has 0 saturated carbocycles. The van der Waals surface area contributed by atoms with Crippen molar-refractivity contribution < 1.29 is 23.2 Å². The van der Waals surface area contributed by atoms with Crippen LogP contribution in [0.3, 0.4) is 0 Å².